The molecule has 2 heterocycles. The Morgan fingerprint density at radius 3 is 2.80 bits per heavy atom. The first kappa shape index (κ1) is 10.1. The molecule has 0 unspecified atom stereocenters. The molecule has 0 N–H and O–H groups in total. The van der Waals surface area contributed by atoms with Gasteiger partial charge in [-0.25, -0.2) is 4.79 Å². The predicted octanol–water partition coefficient (Wildman–Crippen LogP) is 0.771. The molecule has 0 aliphatic carbocycles. The van der Waals surface area contributed by atoms with Crippen molar-refractivity contribution < 1.29 is 19.1 Å². The van der Waals surface area contributed by atoms with Crippen LogP contribution in [0.2, 0.25) is 0 Å². The van der Waals surface area contributed by atoms with Crippen molar-refractivity contribution in [2.45, 2.75) is 32.2 Å². The van der Waals surface area contributed by atoms with E-state index in [2.05, 4.69) is 0 Å². The normalized spacial score (nSPS) is 35.3. The molecule has 3 atom stereocenters. The summed E-state index contributed by atoms with van der Waals surface area (Å²) in [4.78, 5) is 22.8. The molecule has 0 amide bonds. The molecule has 0 saturated carbocycles. The molecule has 0 aromatic rings. The first-order valence-electron chi connectivity index (χ1n) is 4.88. The Kier molecular flexibility index (Phi) is 2.44. The number of allylic oxidation sites excluding steroid dienone is 1. The fourth-order valence-corrected chi connectivity index (χ4v) is 1.77. The fourth-order valence-electron chi connectivity index (χ4n) is 1.77. The molecule has 2 aliphatic heterocycles. The highest BCUT2D eigenvalue weighted by atomic mass is 16.6. The van der Waals surface area contributed by atoms with Gasteiger partial charge in [0.15, 0.2) is 5.78 Å². The van der Waals surface area contributed by atoms with Crippen LogP contribution in [0.3, 0.4) is 0 Å². The maximum Gasteiger partial charge on any atom is 0.337 e. The molecule has 1 saturated heterocycles. The number of esters is 1. The van der Waals surface area contributed by atoms with Gasteiger partial charge in [-0.15, -0.1) is 0 Å². The topological polar surface area (TPSA) is 52.6 Å². The first-order chi connectivity index (χ1) is 7.13. The minimum Gasteiger partial charge on any atom is -0.456 e. The lowest BCUT2D eigenvalue weighted by molar-refractivity contribution is -0.139. The molecule has 0 spiro atoms. The van der Waals surface area contributed by atoms with Crippen molar-refractivity contribution in [3.8, 4) is 0 Å². The zero-order chi connectivity index (χ0) is 11.0. The lowest BCUT2D eigenvalue weighted by Crippen LogP contribution is -2.36. The van der Waals surface area contributed by atoms with Gasteiger partial charge in [-0.05, 0) is 19.9 Å². The maximum atomic E-state index is 11.5. The van der Waals surface area contributed by atoms with E-state index in [1.54, 1.807) is 19.1 Å². The number of rotatable bonds is 1. The highest BCUT2D eigenvalue weighted by Crippen LogP contribution is 2.29. The third-order valence-electron chi connectivity index (χ3n) is 2.50. The van der Waals surface area contributed by atoms with Gasteiger partial charge in [-0.3, -0.25) is 4.79 Å². The molecule has 4 heteroatoms. The summed E-state index contributed by atoms with van der Waals surface area (Å²) in [5, 5.41) is 0. The van der Waals surface area contributed by atoms with Crippen molar-refractivity contribution >= 4 is 11.8 Å². The minimum atomic E-state index is -0.583. The van der Waals surface area contributed by atoms with Gasteiger partial charge in [0.05, 0.1) is 5.57 Å². The van der Waals surface area contributed by atoms with Crippen LogP contribution in [0.15, 0.2) is 23.8 Å². The molecule has 80 valence electrons. The number of carbonyl (C=O) groups is 2. The van der Waals surface area contributed by atoms with Crippen molar-refractivity contribution in [2.75, 3.05) is 0 Å². The second kappa shape index (κ2) is 3.62. The van der Waals surface area contributed by atoms with Crippen molar-refractivity contribution in [1.82, 2.24) is 0 Å². The average molecular weight is 208 g/mol. The van der Waals surface area contributed by atoms with E-state index in [1.165, 1.54) is 6.08 Å². The zero-order valence-electron chi connectivity index (χ0n) is 8.60. The highest BCUT2D eigenvalue weighted by Gasteiger charge is 2.43. The van der Waals surface area contributed by atoms with E-state index in [0.717, 1.165) is 0 Å². The number of cyclic esters (lactones) is 1. The van der Waals surface area contributed by atoms with Crippen molar-refractivity contribution in [3.63, 3.8) is 0 Å². The number of carbonyl (C=O) groups excluding carboxylic acids is 2. The number of ketones is 1. The van der Waals surface area contributed by atoms with Crippen LogP contribution in [0.1, 0.15) is 13.8 Å². The summed E-state index contributed by atoms with van der Waals surface area (Å²) in [6.07, 6.45) is 3.46. The smallest absolute Gasteiger partial charge is 0.337 e. The third-order valence-corrected chi connectivity index (χ3v) is 2.50. The summed E-state index contributed by atoms with van der Waals surface area (Å²) in [6, 6.07) is 0. The lowest BCUT2D eigenvalue weighted by atomic mass is 10.0. The van der Waals surface area contributed by atoms with Crippen LogP contribution in [-0.4, -0.2) is 30.1 Å². The lowest BCUT2D eigenvalue weighted by Gasteiger charge is -2.23. The van der Waals surface area contributed by atoms with Gasteiger partial charge >= 0.3 is 5.97 Å². The van der Waals surface area contributed by atoms with Gasteiger partial charge in [0.1, 0.15) is 18.3 Å². The number of hydrogen-bond acceptors (Lipinski definition) is 4. The molecule has 0 radical (unpaired) electrons. The SMILES string of the molecule is C/C=C/[C@@H]1O[C@H]2C(=CC1=O)C(=O)O[C@H]2C. The number of fused-ring (bicyclic) bond motifs is 1. The number of hydrogen-bond donors (Lipinski definition) is 0. The van der Waals surface area contributed by atoms with E-state index < -0.39 is 18.2 Å². The molecule has 15 heavy (non-hydrogen) atoms. The van der Waals surface area contributed by atoms with Crippen LogP contribution in [0.4, 0.5) is 0 Å². The Hall–Kier alpha value is -1.42. The van der Waals surface area contributed by atoms with Crippen molar-refractivity contribution in [3.05, 3.63) is 23.8 Å². The molecule has 0 aromatic heterocycles. The standard InChI is InChI=1S/C11H12O4/c1-3-4-9-8(12)5-7-10(15-9)6(2)14-11(7)13/h3-6,9-10H,1-2H3/b4-3+/t6-,9-,10+/m0/s1. The molecular weight excluding hydrogens is 196 g/mol. The summed E-state index contributed by atoms with van der Waals surface area (Å²) < 4.78 is 10.5. The summed E-state index contributed by atoms with van der Waals surface area (Å²) in [5.41, 5.74) is 0.341. The van der Waals surface area contributed by atoms with Crippen LogP contribution in [0, 0.1) is 0 Å². The third kappa shape index (κ3) is 1.61. The molecule has 2 rings (SSSR count). The van der Waals surface area contributed by atoms with Crippen LogP contribution in [-0.2, 0) is 19.1 Å². The Morgan fingerprint density at radius 1 is 1.40 bits per heavy atom. The van der Waals surface area contributed by atoms with Gasteiger partial charge in [0, 0.05) is 0 Å². The number of ether oxygens (including phenoxy) is 2. The Balaban J connectivity index is 2.30. The molecule has 0 aromatic carbocycles. The first-order valence-corrected chi connectivity index (χ1v) is 4.88. The van der Waals surface area contributed by atoms with E-state index in [4.69, 9.17) is 9.47 Å². The summed E-state index contributed by atoms with van der Waals surface area (Å²) in [7, 11) is 0. The second-order valence-electron chi connectivity index (χ2n) is 3.62. The van der Waals surface area contributed by atoms with Gasteiger partial charge in [0.25, 0.3) is 0 Å². The summed E-state index contributed by atoms with van der Waals surface area (Å²) in [5.74, 6) is -0.648. The van der Waals surface area contributed by atoms with Crippen LogP contribution >= 0.6 is 0 Å². The van der Waals surface area contributed by atoms with E-state index in [-0.39, 0.29) is 11.9 Å². The van der Waals surface area contributed by atoms with Crippen molar-refractivity contribution in [1.29, 1.82) is 0 Å². The van der Waals surface area contributed by atoms with Crippen molar-refractivity contribution in [2.24, 2.45) is 0 Å². The zero-order valence-corrected chi connectivity index (χ0v) is 8.60. The second-order valence-corrected chi connectivity index (χ2v) is 3.62. The van der Waals surface area contributed by atoms with E-state index in [9.17, 15) is 9.59 Å². The molecule has 0 bridgehead atoms. The Bertz CT molecular complexity index is 367. The van der Waals surface area contributed by atoms with E-state index in [0.29, 0.717) is 5.57 Å². The monoisotopic (exact) mass is 208 g/mol. The van der Waals surface area contributed by atoms with Gasteiger partial charge < -0.3 is 9.47 Å². The predicted molar refractivity (Wildman–Crippen MR) is 52.1 cm³/mol. The largest absolute Gasteiger partial charge is 0.456 e. The molecular formula is C11H12O4. The Morgan fingerprint density at radius 2 is 2.13 bits per heavy atom. The highest BCUT2D eigenvalue weighted by molar-refractivity contribution is 6.05. The van der Waals surface area contributed by atoms with Crippen LogP contribution in [0.5, 0.6) is 0 Å². The fraction of sp³-hybridized carbons (Fsp3) is 0.455. The Labute approximate surface area is 87.5 Å². The quantitative estimate of drug-likeness (QED) is 0.472. The molecule has 2 aliphatic rings. The van der Waals surface area contributed by atoms with E-state index >= 15 is 0 Å². The van der Waals surface area contributed by atoms with E-state index in [1.807, 2.05) is 6.92 Å². The summed E-state index contributed by atoms with van der Waals surface area (Å²) >= 11 is 0. The summed E-state index contributed by atoms with van der Waals surface area (Å²) in [6.45, 7) is 3.57. The van der Waals surface area contributed by atoms with Crippen LogP contribution in [0.25, 0.3) is 0 Å². The van der Waals surface area contributed by atoms with Gasteiger partial charge in [-0.1, -0.05) is 12.2 Å². The van der Waals surface area contributed by atoms with Gasteiger partial charge in [-0.2, -0.15) is 0 Å². The average Bonchev–Trinajstić information content (AvgIpc) is 2.44. The molecule has 1 fully saturated rings. The molecule has 4 nitrogen and oxygen atoms in total. The van der Waals surface area contributed by atoms with Crippen LogP contribution < -0.4 is 0 Å². The minimum absolute atomic E-state index is 0.203. The maximum absolute atomic E-state index is 11.5. The van der Waals surface area contributed by atoms with Gasteiger partial charge in [0.2, 0.25) is 0 Å².